The molecule has 0 saturated heterocycles. The standard InChI is InChI=1S/C19H20BrNO4S/c1-13(14-5-9-17(10-6-14)26(2,24)25)21-19(23)12-11-18(22)15-3-7-16(20)8-4-15/h3-10,13H,11-12H2,1-2H3,(H,21,23). The van der Waals surface area contributed by atoms with Crippen molar-refractivity contribution in [2.75, 3.05) is 6.26 Å². The zero-order valence-electron chi connectivity index (χ0n) is 14.5. The molecule has 1 N–H and O–H groups in total. The Morgan fingerprint density at radius 1 is 1.00 bits per heavy atom. The number of ketones is 1. The Bertz CT molecular complexity index is 890. The van der Waals surface area contributed by atoms with Crippen molar-refractivity contribution in [2.24, 2.45) is 0 Å². The van der Waals surface area contributed by atoms with Crippen molar-refractivity contribution < 1.29 is 18.0 Å². The molecule has 0 bridgehead atoms. The molecular weight excluding hydrogens is 418 g/mol. The molecular formula is C19H20BrNO4S. The van der Waals surface area contributed by atoms with E-state index in [1.807, 2.05) is 6.92 Å². The van der Waals surface area contributed by atoms with Crippen molar-refractivity contribution in [1.82, 2.24) is 5.32 Å². The number of hydrogen-bond donors (Lipinski definition) is 1. The van der Waals surface area contributed by atoms with Crippen molar-refractivity contribution in [2.45, 2.75) is 30.7 Å². The van der Waals surface area contributed by atoms with Gasteiger partial charge in [0.05, 0.1) is 10.9 Å². The normalized spacial score (nSPS) is 12.4. The maximum absolute atomic E-state index is 12.1. The molecule has 7 heteroatoms. The highest BCUT2D eigenvalue weighted by Crippen LogP contribution is 2.17. The van der Waals surface area contributed by atoms with Gasteiger partial charge in [0.2, 0.25) is 5.91 Å². The molecule has 0 saturated carbocycles. The molecule has 1 unspecified atom stereocenters. The quantitative estimate of drug-likeness (QED) is 0.669. The monoisotopic (exact) mass is 437 g/mol. The van der Waals surface area contributed by atoms with Gasteiger partial charge in [0.1, 0.15) is 0 Å². The van der Waals surface area contributed by atoms with Gasteiger partial charge >= 0.3 is 0 Å². The third kappa shape index (κ3) is 5.78. The molecule has 0 aromatic heterocycles. The van der Waals surface area contributed by atoms with E-state index in [1.54, 1.807) is 36.4 Å². The number of sulfone groups is 1. The number of halogens is 1. The minimum atomic E-state index is -3.24. The van der Waals surface area contributed by atoms with Gasteiger partial charge in [-0.15, -0.1) is 0 Å². The maximum atomic E-state index is 12.1. The Morgan fingerprint density at radius 2 is 1.58 bits per heavy atom. The molecule has 0 spiro atoms. The molecule has 138 valence electrons. The number of hydrogen-bond acceptors (Lipinski definition) is 4. The second-order valence-electron chi connectivity index (χ2n) is 6.06. The summed E-state index contributed by atoms with van der Waals surface area (Å²) in [6, 6.07) is 13.1. The van der Waals surface area contributed by atoms with Crippen LogP contribution in [0.4, 0.5) is 0 Å². The van der Waals surface area contributed by atoms with Crippen molar-refractivity contribution in [3.63, 3.8) is 0 Å². The average Bonchev–Trinajstić information content (AvgIpc) is 2.59. The lowest BCUT2D eigenvalue weighted by Crippen LogP contribution is -2.27. The highest BCUT2D eigenvalue weighted by molar-refractivity contribution is 9.10. The molecule has 0 aliphatic heterocycles. The fourth-order valence-corrected chi connectivity index (χ4v) is 3.30. The van der Waals surface area contributed by atoms with E-state index < -0.39 is 9.84 Å². The Labute approximate surface area is 161 Å². The van der Waals surface area contributed by atoms with Crippen LogP contribution in [-0.4, -0.2) is 26.4 Å². The van der Waals surface area contributed by atoms with Crippen LogP contribution < -0.4 is 5.32 Å². The van der Waals surface area contributed by atoms with Crippen LogP contribution in [0.5, 0.6) is 0 Å². The van der Waals surface area contributed by atoms with Gasteiger partial charge < -0.3 is 5.32 Å². The summed E-state index contributed by atoms with van der Waals surface area (Å²) >= 11 is 3.31. The van der Waals surface area contributed by atoms with E-state index in [-0.39, 0.29) is 35.5 Å². The molecule has 26 heavy (non-hydrogen) atoms. The summed E-state index contributed by atoms with van der Waals surface area (Å²) in [4.78, 5) is 24.4. The van der Waals surface area contributed by atoms with Gasteiger partial charge in [-0.2, -0.15) is 0 Å². The lowest BCUT2D eigenvalue weighted by molar-refractivity contribution is -0.121. The molecule has 0 heterocycles. The molecule has 1 amide bonds. The number of Topliss-reactive ketones (excluding diaryl/α,β-unsaturated/α-hetero) is 1. The van der Waals surface area contributed by atoms with Crippen LogP contribution in [0.1, 0.15) is 41.7 Å². The Balaban J connectivity index is 1.88. The molecule has 0 radical (unpaired) electrons. The zero-order chi connectivity index (χ0) is 19.3. The van der Waals surface area contributed by atoms with Gasteiger partial charge in [-0.05, 0) is 36.8 Å². The van der Waals surface area contributed by atoms with Crippen molar-refractivity contribution >= 4 is 37.5 Å². The predicted molar refractivity (Wildman–Crippen MR) is 104 cm³/mol. The third-order valence-corrected chi connectivity index (χ3v) is 5.59. The summed E-state index contributed by atoms with van der Waals surface area (Å²) in [6.07, 6.45) is 1.38. The lowest BCUT2D eigenvalue weighted by atomic mass is 10.1. The number of rotatable bonds is 7. The molecule has 2 aromatic carbocycles. The molecule has 2 rings (SSSR count). The van der Waals surface area contributed by atoms with Crippen LogP contribution in [0.15, 0.2) is 57.9 Å². The summed E-state index contributed by atoms with van der Waals surface area (Å²) in [5.41, 5.74) is 1.37. The van der Waals surface area contributed by atoms with Gasteiger partial charge in [0.15, 0.2) is 15.6 Å². The summed E-state index contributed by atoms with van der Waals surface area (Å²) in [6.45, 7) is 1.81. The van der Waals surface area contributed by atoms with E-state index in [9.17, 15) is 18.0 Å². The van der Waals surface area contributed by atoms with Crippen molar-refractivity contribution in [3.8, 4) is 0 Å². The Morgan fingerprint density at radius 3 is 2.12 bits per heavy atom. The average molecular weight is 438 g/mol. The van der Waals surface area contributed by atoms with Crippen molar-refractivity contribution in [1.29, 1.82) is 0 Å². The van der Waals surface area contributed by atoms with E-state index in [1.165, 1.54) is 12.1 Å². The highest BCUT2D eigenvalue weighted by atomic mass is 79.9. The van der Waals surface area contributed by atoms with E-state index in [0.717, 1.165) is 16.3 Å². The van der Waals surface area contributed by atoms with Crippen LogP contribution in [0.2, 0.25) is 0 Å². The lowest BCUT2D eigenvalue weighted by Gasteiger charge is -2.14. The van der Waals surface area contributed by atoms with Gasteiger partial charge in [0, 0.05) is 29.1 Å². The first kappa shape index (κ1) is 20.3. The smallest absolute Gasteiger partial charge is 0.220 e. The number of carbonyl (C=O) groups excluding carboxylic acids is 2. The van der Waals surface area contributed by atoms with Crippen LogP contribution in [0.3, 0.4) is 0 Å². The SMILES string of the molecule is CC(NC(=O)CCC(=O)c1ccc(Br)cc1)c1ccc(S(C)(=O)=O)cc1. The minimum Gasteiger partial charge on any atom is -0.350 e. The van der Waals surface area contributed by atoms with E-state index in [0.29, 0.717) is 5.56 Å². The molecule has 1 atom stereocenters. The largest absolute Gasteiger partial charge is 0.350 e. The first-order valence-electron chi connectivity index (χ1n) is 8.05. The number of nitrogens with one attached hydrogen (secondary N) is 1. The molecule has 0 aliphatic rings. The first-order valence-corrected chi connectivity index (χ1v) is 10.7. The van der Waals surface area contributed by atoms with E-state index >= 15 is 0 Å². The summed E-state index contributed by atoms with van der Waals surface area (Å²) < 4.78 is 23.8. The fourth-order valence-electron chi connectivity index (χ4n) is 2.41. The van der Waals surface area contributed by atoms with E-state index in [4.69, 9.17) is 0 Å². The van der Waals surface area contributed by atoms with Gasteiger partial charge in [-0.3, -0.25) is 9.59 Å². The van der Waals surface area contributed by atoms with Gasteiger partial charge in [-0.25, -0.2) is 8.42 Å². The second kappa shape index (κ2) is 8.60. The Kier molecular flexibility index (Phi) is 6.72. The molecule has 0 fully saturated rings. The van der Waals surface area contributed by atoms with Gasteiger partial charge in [0.25, 0.3) is 0 Å². The Hall–Kier alpha value is -1.99. The minimum absolute atomic E-state index is 0.0854. The van der Waals surface area contributed by atoms with Crippen LogP contribution in [-0.2, 0) is 14.6 Å². The summed E-state index contributed by atoms with van der Waals surface area (Å²) in [5.74, 6) is -0.312. The summed E-state index contributed by atoms with van der Waals surface area (Å²) in [5, 5.41) is 2.82. The molecule has 2 aromatic rings. The van der Waals surface area contributed by atoms with Gasteiger partial charge in [-0.1, -0.05) is 40.2 Å². The maximum Gasteiger partial charge on any atom is 0.220 e. The van der Waals surface area contributed by atoms with Crippen LogP contribution in [0, 0.1) is 0 Å². The molecule has 0 aliphatic carbocycles. The number of benzene rings is 2. The zero-order valence-corrected chi connectivity index (χ0v) is 16.9. The number of carbonyl (C=O) groups is 2. The predicted octanol–water partition coefficient (Wildman–Crippen LogP) is 3.69. The van der Waals surface area contributed by atoms with Crippen molar-refractivity contribution in [3.05, 3.63) is 64.1 Å². The fraction of sp³-hybridized carbons (Fsp3) is 0.263. The molecule has 5 nitrogen and oxygen atoms in total. The first-order chi connectivity index (χ1) is 12.2. The summed E-state index contributed by atoms with van der Waals surface area (Å²) in [7, 11) is -3.24. The van der Waals surface area contributed by atoms with E-state index in [2.05, 4.69) is 21.2 Å². The number of amides is 1. The topological polar surface area (TPSA) is 80.3 Å². The highest BCUT2D eigenvalue weighted by Gasteiger charge is 2.14. The van der Waals surface area contributed by atoms with Crippen LogP contribution >= 0.6 is 15.9 Å². The third-order valence-electron chi connectivity index (χ3n) is 3.93. The van der Waals surface area contributed by atoms with Crippen LogP contribution in [0.25, 0.3) is 0 Å². The second-order valence-corrected chi connectivity index (χ2v) is 8.99.